The minimum absolute atomic E-state index is 0.376. The van der Waals surface area contributed by atoms with Crippen molar-refractivity contribution in [1.29, 1.82) is 0 Å². The van der Waals surface area contributed by atoms with Gasteiger partial charge in [-0.2, -0.15) is 0 Å². The number of nitrogens with two attached hydrogens (primary N) is 1. The van der Waals surface area contributed by atoms with Gasteiger partial charge >= 0.3 is 0 Å². The summed E-state index contributed by atoms with van der Waals surface area (Å²) in [5.41, 5.74) is 3.73. The van der Waals surface area contributed by atoms with Gasteiger partial charge in [-0.15, -0.1) is 0 Å². The SMILES string of the molecule is CCC1CCCCC1C(NN)C1(N2CCCC2)CCCC1. The van der Waals surface area contributed by atoms with Gasteiger partial charge in [0.1, 0.15) is 0 Å². The Bertz CT molecular complexity index is 318. The third kappa shape index (κ3) is 2.89. The average Bonchev–Trinajstić information content (AvgIpc) is 3.20. The summed E-state index contributed by atoms with van der Waals surface area (Å²) in [6, 6.07) is 0.517. The fraction of sp³-hybridized carbons (Fsp3) is 1.00. The zero-order chi connectivity index (χ0) is 14.7. The van der Waals surface area contributed by atoms with Crippen molar-refractivity contribution in [2.75, 3.05) is 13.1 Å². The lowest BCUT2D eigenvalue weighted by Crippen LogP contribution is -2.64. The van der Waals surface area contributed by atoms with E-state index in [0.717, 1.165) is 11.8 Å². The van der Waals surface area contributed by atoms with E-state index in [9.17, 15) is 0 Å². The van der Waals surface area contributed by atoms with E-state index in [0.29, 0.717) is 11.6 Å². The summed E-state index contributed by atoms with van der Waals surface area (Å²) in [5.74, 6) is 7.86. The zero-order valence-corrected chi connectivity index (χ0v) is 13.9. The Labute approximate surface area is 131 Å². The standard InChI is InChI=1S/C18H35N3/c1-2-15-9-3-4-10-16(15)17(20-19)18(11-5-6-12-18)21-13-7-8-14-21/h15-17,20H,2-14,19H2,1H3. The molecule has 3 aliphatic rings. The molecule has 0 radical (unpaired) electrons. The Morgan fingerprint density at radius 1 is 1.05 bits per heavy atom. The fourth-order valence-corrected chi connectivity index (χ4v) is 5.83. The van der Waals surface area contributed by atoms with E-state index in [1.165, 1.54) is 83.7 Å². The second kappa shape index (κ2) is 6.97. The van der Waals surface area contributed by atoms with Crippen LogP contribution in [0, 0.1) is 11.8 Å². The number of nitrogens with zero attached hydrogens (tertiary/aromatic N) is 1. The van der Waals surface area contributed by atoms with Crippen molar-refractivity contribution >= 4 is 0 Å². The summed E-state index contributed by atoms with van der Waals surface area (Å²) in [7, 11) is 0. The van der Waals surface area contributed by atoms with Crippen LogP contribution >= 0.6 is 0 Å². The first-order valence-electron chi connectivity index (χ1n) is 9.53. The highest BCUT2D eigenvalue weighted by molar-refractivity contribution is 5.07. The van der Waals surface area contributed by atoms with Gasteiger partial charge in [-0.1, -0.05) is 45.4 Å². The van der Waals surface area contributed by atoms with E-state index in [4.69, 9.17) is 5.84 Å². The maximum absolute atomic E-state index is 6.18. The molecule has 3 heteroatoms. The van der Waals surface area contributed by atoms with Crippen LogP contribution in [0.3, 0.4) is 0 Å². The molecule has 3 N–H and O–H groups in total. The second-order valence-electron chi connectivity index (χ2n) is 7.77. The van der Waals surface area contributed by atoms with Crippen molar-refractivity contribution in [3.05, 3.63) is 0 Å². The summed E-state index contributed by atoms with van der Waals surface area (Å²) in [4.78, 5) is 2.83. The summed E-state index contributed by atoms with van der Waals surface area (Å²) in [6.45, 7) is 5.00. The maximum Gasteiger partial charge on any atom is 0.0425 e. The van der Waals surface area contributed by atoms with Crippen LogP contribution in [-0.4, -0.2) is 29.6 Å². The first-order chi connectivity index (χ1) is 10.3. The van der Waals surface area contributed by atoms with Crippen molar-refractivity contribution < 1.29 is 0 Å². The van der Waals surface area contributed by atoms with Gasteiger partial charge in [-0.05, 0) is 57.0 Å². The molecular weight excluding hydrogens is 258 g/mol. The van der Waals surface area contributed by atoms with E-state index in [2.05, 4.69) is 17.2 Å². The minimum atomic E-state index is 0.376. The van der Waals surface area contributed by atoms with Gasteiger partial charge in [0.25, 0.3) is 0 Å². The molecule has 0 aromatic heterocycles. The largest absolute Gasteiger partial charge is 0.296 e. The molecule has 3 rings (SSSR count). The monoisotopic (exact) mass is 293 g/mol. The average molecular weight is 293 g/mol. The molecule has 2 aliphatic carbocycles. The number of hydrazine groups is 1. The Morgan fingerprint density at radius 3 is 2.33 bits per heavy atom. The fourth-order valence-electron chi connectivity index (χ4n) is 5.83. The number of rotatable bonds is 5. The molecule has 0 amide bonds. The van der Waals surface area contributed by atoms with Crippen LogP contribution < -0.4 is 11.3 Å². The van der Waals surface area contributed by atoms with Crippen molar-refractivity contribution in [2.24, 2.45) is 17.7 Å². The number of nitrogens with one attached hydrogen (secondary N) is 1. The Kier molecular flexibility index (Phi) is 5.23. The Balaban J connectivity index is 1.84. The number of likely N-dealkylation sites (tertiary alicyclic amines) is 1. The molecule has 2 saturated carbocycles. The van der Waals surface area contributed by atoms with Crippen LogP contribution in [0.15, 0.2) is 0 Å². The summed E-state index contributed by atoms with van der Waals surface area (Å²) < 4.78 is 0. The first-order valence-corrected chi connectivity index (χ1v) is 9.53. The molecule has 3 unspecified atom stereocenters. The predicted molar refractivity (Wildman–Crippen MR) is 88.9 cm³/mol. The van der Waals surface area contributed by atoms with Gasteiger partial charge < -0.3 is 0 Å². The number of hydrogen-bond donors (Lipinski definition) is 2. The van der Waals surface area contributed by atoms with Crippen molar-refractivity contribution in [2.45, 2.75) is 89.1 Å². The van der Waals surface area contributed by atoms with E-state index in [1.54, 1.807) is 0 Å². The van der Waals surface area contributed by atoms with Gasteiger partial charge in [0, 0.05) is 11.6 Å². The Hall–Kier alpha value is -0.120. The van der Waals surface area contributed by atoms with Crippen molar-refractivity contribution in [1.82, 2.24) is 10.3 Å². The summed E-state index contributed by atoms with van der Waals surface area (Å²) in [5, 5.41) is 0. The smallest absolute Gasteiger partial charge is 0.0425 e. The van der Waals surface area contributed by atoms with Crippen LogP contribution in [0.25, 0.3) is 0 Å². The van der Waals surface area contributed by atoms with Crippen LogP contribution in [0.1, 0.15) is 77.6 Å². The molecule has 1 aliphatic heterocycles. The number of hydrogen-bond acceptors (Lipinski definition) is 3. The topological polar surface area (TPSA) is 41.3 Å². The second-order valence-corrected chi connectivity index (χ2v) is 7.77. The van der Waals surface area contributed by atoms with Gasteiger partial charge in [-0.25, -0.2) is 0 Å². The lowest BCUT2D eigenvalue weighted by Gasteiger charge is -2.50. The lowest BCUT2D eigenvalue weighted by atomic mass is 9.67. The highest BCUT2D eigenvalue weighted by Crippen LogP contribution is 2.46. The normalized spacial score (nSPS) is 35.1. The van der Waals surface area contributed by atoms with Crippen LogP contribution in [0.4, 0.5) is 0 Å². The molecule has 3 atom stereocenters. The van der Waals surface area contributed by atoms with Gasteiger partial charge in [0.05, 0.1) is 0 Å². The van der Waals surface area contributed by atoms with Crippen molar-refractivity contribution in [3.63, 3.8) is 0 Å². The summed E-state index contributed by atoms with van der Waals surface area (Å²) in [6.07, 6.45) is 15.3. The van der Waals surface area contributed by atoms with Gasteiger partial charge in [-0.3, -0.25) is 16.2 Å². The van der Waals surface area contributed by atoms with Crippen LogP contribution in [-0.2, 0) is 0 Å². The van der Waals surface area contributed by atoms with Crippen LogP contribution in [0.2, 0.25) is 0 Å². The van der Waals surface area contributed by atoms with E-state index in [1.807, 2.05) is 0 Å². The molecular formula is C18H35N3. The molecule has 0 bridgehead atoms. The highest BCUT2D eigenvalue weighted by Gasteiger charge is 2.50. The molecule has 3 fully saturated rings. The molecule has 1 saturated heterocycles. The van der Waals surface area contributed by atoms with E-state index >= 15 is 0 Å². The summed E-state index contributed by atoms with van der Waals surface area (Å²) >= 11 is 0. The van der Waals surface area contributed by atoms with Crippen LogP contribution in [0.5, 0.6) is 0 Å². The highest BCUT2D eigenvalue weighted by atomic mass is 15.3. The lowest BCUT2D eigenvalue weighted by molar-refractivity contribution is 0.0213. The molecule has 0 aromatic carbocycles. The molecule has 1 heterocycles. The molecule has 122 valence electrons. The molecule has 21 heavy (non-hydrogen) atoms. The first kappa shape index (κ1) is 15.8. The zero-order valence-electron chi connectivity index (χ0n) is 13.9. The van der Waals surface area contributed by atoms with Gasteiger partial charge in [0.15, 0.2) is 0 Å². The van der Waals surface area contributed by atoms with E-state index in [-0.39, 0.29) is 0 Å². The Morgan fingerprint density at radius 2 is 1.71 bits per heavy atom. The molecule has 0 spiro atoms. The quantitative estimate of drug-likeness (QED) is 0.602. The third-order valence-corrected chi connectivity index (χ3v) is 6.88. The predicted octanol–water partition coefficient (Wildman–Crippen LogP) is 3.44. The van der Waals surface area contributed by atoms with Gasteiger partial charge in [0.2, 0.25) is 0 Å². The molecule has 3 nitrogen and oxygen atoms in total. The molecule has 0 aromatic rings. The minimum Gasteiger partial charge on any atom is -0.296 e. The van der Waals surface area contributed by atoms with Crippen molar-refractivity contribution in [3.8, 4) is 0 Å². The third-order valence-electron chi connectivity index (χ3n) is 6.88. The maximum atomic E-state index is 6.18. The van der Waals surface area contributed by atoms with E-state index < -0.39 is 0 Å².